The molecule has 3 rings (SSSR count). The summed E-state index contributed by atoms with van der Waals surface area (Å²) in [5.74, 6) is 0.643. The second-order valence-corrected chi connectivity index (χ2v) is 5.75. The Balaban J connectivity index is 1.51. The van der Waals surface area contributed by atoms with Crippen molar-refractivity contribution in [2.75, 3.05) is 19.6 Å². The van der Waals surface area contributed by atoms with E-state index in [-0.39, 0.29) is 24.1 Å². The van der Waals surface area contributed by atoms with Gasteiger partial charge in [0.15, 0.2) is 0 Å². The topological polar surface area (TPSA) is 63.0 Å². The predicted molar refractivity (Wildman–Crippen MR) is 80.0 cm³/mol. The van der Waals surface area contributed by atoms with Crippen molar-refractivity contribution in [2.45, 2.75) is 31.9 Å². The van der Waals surface area contributed by atoms with Crippen LogP contribution in [0.2, 0.25) is 0 Å². The first-order valence-electron chi connectivity index (χ1n) is 7.61. The van der Waals surface area contributed by atoms with E-state index >= 15 is 0 Å². The van der Waals surface area contributed by atoms with E-state index in [1.54, 1.807) is 34.3 Å². The van der Waals surface area contributed by atoms with Gasteiger partial charge < -0.3 is 19.0 Å². The van der Waals surface area contributed by atoms with Crippen LogP contribution in [0.5, 0.6) is 0 Å². The third kappa shape index (κ3) is 3.16. The van der Waals surface area contributed by atoms with Gasteiger partial charge in [0, 0.05) is 25.2 Å². The highest BCUT2D eigenvalue weighted by Gasteiger charge is 2.35. The van der Waals surface area contributed by atoms with Gasteiger partial charge in [0.05, 0.1) is 12.8 Å². The summed E-state index contributed by atoms with van der Waals surface area (Å²) in [6.07, 6.45) is 6.11. The third-order valence-electron chi connectivity index (χ3n) is 4.14. The van der Waals surface area contributed by atoms with Gasteiger partial charge in [0.25, 0.3) is 0 Å². The van der Waals surface area contributed by atoms with Gasteiger partial charge in [-0.2, -0.15) is 0 Å². The lowest BCUT2D eigenvalue weighted by Crippen LogP contribution is -2.46. The van der Waals surface area contributed by atoms with E-state index in [2.05, 4.69) is 0 Å². The largest absolute Gasteiger partial charge is 0.465 e. The molecule has 22 heavy (non-hydrogen) atoms. The molecule has 1 aromatic heterocycles. The number of hydrogen-bond acceptors (Lipinski definition) is 4. The molecule has 1 aromatic rings. The Bertz CT molecular complexity index is 559. The quantitative estimate of drug-likeness (QED) is 0.803. The Morgan fingerprint density at radius 3 is 2.73 bits per heavy atom. The number of hydrogen-bond donors (Lipinski definition) is 0. The van der Waals surface area contributed by atoms with E-state index in [1.807, 2.05) is 6.92 Å². The summed E-state index contributed by atoms with van der Waals surface area (Å²) < 4.78 is 10.3. The molecule has 2 saturated heterocycles. The molecule has 6 nitrogen and oxygen atoms in total. The van der Waals surface area contributed by atoms with Gasteiger partial charge >= 0.3 is 6.09 Å². The van der Waals surface area contributed by atoms with Crippen LogP contribution in [0.4, 0.5) is 4.79 Å². The maximum Gasteiger partial charge on any atom is 0.410 e. The molecular weight excluding hydrogens is 284 g/mol. The van der Waals surface area contributed by atoms with Crippen LogP contribution >= 0.6 is 0 Å². The number of carbonyl (C=O) groups is 2. The fraction of sp³-hybridized carbons (Fsp3) is 0.500. The molecule has 0 aromatic carbocycles. The maximum atomic E-state index is 12.1. The van der Waals surface area contributed by atoms with Crippen molar-refractivity contribution in [1.82, 2.24) is 9.80 Å². The fourth-order valence-electron chi connectivity index (χ4n) is 2.97. The van der Waals surface area contributed by atoms with Crippen LogP contribution in [-0.2, 0) is 9.53 Å². The van der Waals surface area contributed by atoms with Gasteiger partial charge in [0.1, 0.15) is 11.9 Å². The van der Waals surface area contributed by atoms with Crippen LogP contribution in [0.25, 0.3) is 6.08 Å². The van der Waals surface area contributed by atoms with Crippen molar-refractivity contribution in [3.63, 3.8) is 0 Å². The molecule has 0 aliphatic carbocycles. The minimum Gasteiger partial charge on any atom is -0.465 e. The zero-order chi connectivity index (χ0) is 15.5. The van der Waals surface area contributed by atoms with Crippen LogP contribution in [-0.4, -0.2) is 53.6 Å². The number of ether oxygens (including phenoxy) is 1. The molecule has 2 aliphatic rings. The van der Waals surface area contributed by atoms with E-state index in [4.69, 9.17) is 9.15 Å². The molecule has 3 heterocycles. The first-order chi connectivity index (χ1) is 10.6. The Hall–Kier alpha value is -2.24. The van der Waals surface area contributed by atoms with Crippen LogP contribution in [0.1, 0.15) is 25.5 Å². The molecule has 0 N–H and O–H groups in total. The van der Waals surface area contributed by atoms with Crippen LogP contribution < -0.4 is 0 Å². The summed E-state index contributed by atoms with van der Waals surface area (Å²) in [4.78, 5) is 27.5. The number of furan rings is 1. The zero-order valence-electron chi connectivity index (χ0n) is 12.6. The molecule has 2 aliphatic heterocycles. The molecular formula is C16H20N2O4. The van der Waals surface area contributed by atoms with Crippen molar-refractivity contribution in [3.05, 3.63) is 30.2 Å². The molecule has 0 bridgehead atoms. The Kier molecular flexibility index (Phi) is 4.18. The van der Waals surface area contributed by atoms with Gasteiger partial charge in [-0.1, -0.05) is 0 Å². The number of amides is 2. The summed E-state index contributed by atoms with van der Waals surface area (Å²) in [6.45, 7) is 3.86. The number of rotatable bonds is 3. The summed E-state index contributed by atoms with van der Waals surface area (Å²) in [6, 6.07) is 3.76. The molecule has 2 amide bonds. The number of nitrogens with zero attached hydrogens (tertiary/aromatic N) is 2. The first-order valence-corrected chi connectivity index (χ1v) is 7.61. The van der Waals surface area contributed by atoms with E-state index < -0.39 is 0 Å². The fourth-order valence-corrected chi connectivity index (χ4v) is 2.97. The van der Waals surface area contributed by atoms with E-state index in [0.717, 1.165) is 12.8 Å². The van der Waals surface area contributed by atoms with Crippen LogP contribution in [0.3, 0.4) is 0 Å². The standard InChI is InChI=1S/C16H20N2O4/c1-12-11-18(16(20)22-12)13-6-8-17(9-7-13)15(19)5-4-14-3-2-10-21-14/h2-5,10,12-13H,6-9,11H2,1H3. The molecule has 0 radical (unpaired) electrons. The molecule has 1 atom stereocenters. The van der Waals surface area contributed by atoms with Crippen LogP contribution in [0.15, 0.2) is 28.9 Å². The lowest BCUT2D eigenvalue weighted by Gasteiger charge is -2.35. The SMILES string of the molecule is CC1CN(C2CCN(C(=O)C=Cc3ccco3)CC2)C(=O)O1. The van der Waals surface area contributed by atoms with Crippen molar-refractivity contribution >= 4 is 18.1 Å². The van der Waals surface area contributed by atoms with Gasteiger partial charge in [0.2, 0.25) is 5.91 Å². The van der Waals surface area contributed by atoms with Crippen molar-refractivity contribution < 1.29 is 18.7 Å². The molecule has 0 spiro atoms. The van der Waals surface area contributed by atoms with Gasteiger partial charge in [-0.15, -0.1) is 0 Å². The van der Waals surface area contributed by atoms with Gasteiger partial charge in [-0.05, 0) is 38.0 Å². The smallest absolute Gasteiger partial charge is 0.410 e. The van der Waals surface area contributed by atoms with Gasteiger partial charge in [-0.3, -0.25) is 4.79 Å². The lowest BCUT2D eigenvalue weighted by atomic mass is 10.0. The molecule has 2 fully saturated rings. The highest BCUT2D eigenvalue weighted by molar-refractivity contribution is 5.91. The number of cyclic esters (lactones) is 1. The average molecular weight is 304 g/mol. The van der Waals surface area contributed by atoms with Gasteiger partial charge in [-0.25, -0.2) is 4.79 Å². The predicted octanol–water partition coefficient (Wildman–Crippen LogP) is 2.12. The first kappa shape index (κ1) is 14.7. The normalized spacial score (nSPS) is 23.3. The van der Waals surface area contributed by atoms with Crippen LogP contribution in [0, 0.1) is 0 Å². The number of piperidine rings is 1. The van der Waals surface area contributed by atoms with E-state index in [9.17, 15) is 9.59 Å². The Morgan fingerprint density at radius 2 is 2.14 bits per heavy atom. The number of carbonyl (C=O) groups excluding carboxylic acids is 2. The third-order valence-corrected chi connectivity index (χ3v) is 4.14. The summed E-state index contributed by atoms with van der Waals surface area (Å²) >= 11 is 0. The van der Waals surface area contributed by atoms with Crippen molar-refractivity contribution in [1.29, 1.82) is 0 Å². The van der Waals surface area contributed by atoms with Crippen molar-refractivity contribution in [2.24, 2.45) is 0 Å². The van der Waals surface area contributed by atoms with E-state index in [1.165, 1.54) is 6.08 Å². The molecule has 0 saturated carbocycles. The Morgan fingerprint density at radius 1 is 1.36 bits per heavy atom. The van der Waals surface area contributed by atoms with Crippen molar-refractivity contribution in [3.8, 4) is 0 Å². The molecule has 6 heteroatoms. The summed E-state index contributed by atoms with van der Waals surface area (Å²) in [5, 5.41) is 0. The lowest BCUT2D eigenvalue weighted by molar-refractivity contribution is -0.127. The number of likely N-dealkylation sites (tertiary alicyclic amines) is 1. The van der Waals surface area contributed by atoms with E-state index in [0.29, 0.717) is 25.4 Å². The Labute approximate surface area is 129 Å². The molecule has 1 unspecified atom stereocenters. The average Bonchev–Trinajstić information content (AvgIpc) is 3.14. The monoisotopic (exact) mass is 304 g/mol. The summed E-state index contributed by atoms with van der Waals surface area (Å²) in [7, 11) is 0. The maximum absolute atomic E-state index is 12.1. The minimum atomic E-state index is -0.227. The summed E-state index contributed by atoms with van der Waals surface area (Å²) in [5.41, 5.74) is 0. The highest BCUT2D eigenvalue weighted by atomic mass is 16.6. The zero-order valence-corrected chi connectivity index (χ0v) is 12.6. The second-order valence-electron chi connectivity index (χ2n) is 5.75. The minimum absolute atomic E-state index is 0.0211. The molecule has 118 valence electrons. The second kappa shape index (κ2) is 6.25. The highest BCUT2D eigenvalue weighted by Crippen LogP contribution is 2.22.